The van der Waals surface area contributed by atoms with E-state index >= 15 is 0 Å². The van der Waals surface area contributed by atoms with Gasteiger partial charge in [0, 0.05) is 12.7 Å². The van der Waals surface area contributed by atoms with Crippen LogP contribution in [0.1, 0.15) is 35.7 Å². The Kier molecular flexibility index (Phi) is 5.90. The first-order valence-electron chi connectivity index (χ1n) is 9.21. The zero-order valence-corrected chi connectivity index (χ0v) is 16.0. The highest BCUT2D eigenvalue weighted by Gasteiger charge is 2.42. The minimum absolute atomic E-state index is 0.0382. The number of nitrogens with one attached hydrogen (secondary N) is 2. The molecule has 0 amide bonds. The number of para-hydroxylation sites is 1. The highest BCUT2D eigenvalue weighted by molar-refractivity contribution is 6.06. The SMILES string of the molecule is COc1c(F)cccc1C(=O)[C@@]1(CNc2ccc(C#N)cn2)CC[C@H](C)CN1. The fourth-order valence-electron chi connectivity index (χ4n) is 3.44. The fourth-order valence-corrected chi connectivity index (χ4v) is 3.44. The van der Waals surface area contributed by atoms with Crippen LogP contribution in [0, 0.1) is 23.1 Å². The van der Waals surface area contributed by atoms with E-state index in [1.165, 1.54) is 25.4 Å². The number of hydrogen-bond acceptors (Lipinski definition) is 6. The van der Waals surface area contributed by atoms with Gasteiger partial charge in [0.1, 0.15) is 11.9 Å². The van der Waals surface area contributed by atoms with Crippen LogP contribution < -0.4 is 15.4 Å². The predicted octanol–water partition coefficient (Wildman–Crippen LogP) is 3.15. The lowest BCUT2D eigenvalue weighted by Crippen LogP contribution is -2.60. The summed E-state index contributed by atoms with van der Waals surface area (Å²) in [5.74, 6) is 0.205. The smallest absolute Gasteiger partial charge is 0.188 e. The maximum absolute atomic E-state index is 14.1. The number of piperidine rings is 1. The number of rotatable bonds is 6. The molecule has 28 heavy (non-hydrogen) atoms. The van der Waals surface area contributed by atoms with Crippen molar-refractivity contribution >= 4 is 11.6 Å². The molecule has 1 fully saturated rings. The molecule has 3 rings (SSSR count). The molecular formula is C21H23FN4O2. The van der Waals surface area contributed by atoms with E-state index in [4.69, 9.17) is 10.00 Å². The molecule has 146 valence electrons. The van der Waals surface area contributed by atoms with Crippen LogP contribution in [0.15, 0.2) is 36.5 Å². The molecule has 2 aromatic rings. The van der Waals surface area contributed by atoms with Gasteiger partial charge in [0.15, 0.2) is 17.3 Å². The molecule has 0 unspecified atom stereocenters. The largest absolute Gasteiger partial charge is 0.493 e. The summed E-state index contributed by atoms with van der Waals surface area (Å²) in [6.07, 6.45) is 2.96. The van der Waals surface area contributed by atoms with Gasteiger partial charge in [-0.2, -0.15) is 5.26 Å². The Bertz CT molecular complexity index is 884. The van der Waals surface area contributed by atoms with Gasteiger partial charge in [-0.1, -0.05) is 13.0 Å². The summed E-state index contributed by atoms with van der Waals surface area (Å²) in [6.45, 7) is 3.10. The molecule has 7 heteroatoms. The molecular weight excluding hydrogens is 359 g/mol. The van der Waals surface area contributed by atoms with Crippen molar-refractivity contribution in [2.24, 2.45) is 5.92 Å². The number of ketones is 1. The number of methoxy groups -OCH3 is 1. The molecule has 2 heterocycles. The van der Waals surface area contributed by atoms with Crippen LogP contribution in [0.5, 0.6) is 5.75 Å². The molecule has 2 N–H and O–H groups in total. The molecule has 0 bridgehead atoms. The van der Waals surface area contributed by atoms with E-state index in [9.17, 15) is 9.18 Å². The number of carbonyl (C=O) groups is 1. The maximum atomic E-state index is 14.1. The normalized spacial score (nSPS) is 21.6. The van der Waals surface area contributed by atoms with Crippen molar-refractivity contribution in [2.75, 3.05) is 25.5 Å². The van der Waals surface area contributed by atoms with Crippen molar-refractivity contribution in [2.45, 2.75) is 25.3 Å². The Morgan fingerprint density at radius 3 is 2.89 bits per heavy atom. The minimum atomic E-state index is -0.900. The summed E-state index contributed by atoms with van der Waals surface area (Å²) in [7, 11) is 1.36. The van der Waals surface area contributed by atoms with Crippen LogP contribution >= 0.6 is 0 Å². The number of benzene rings is 1. The van der Waals surface area contributed by atoms with Crippen LogP contribution in [0.3, 0.4) is 0 Å². The van der Waals surface area contributed by atoms with Gasteiger partial charge in [-0.25, -0.2) is 9.37 Å². The van der Waals surface area contributed by atoms with Gasteiger partial charge in [0.25, 0.3) is 0 Å². The maximum Gasteiger partial charge on any atom is 0.188 e. The molecule has 0 spiro atoms. The number of nitriles is 1. The van der Waals surface area contributed by atoms with E-state index in [1.54, 1.807) is 18.2 Å². The van der Waals surface area contributed by atoms with Gasteiger partial charge < -0.3 is 15.4 Å². The van der Waals surface area contributed by atoms with Gasteiger partial charge >= 0.3 is 0 Å². The van der Waals surface area contributed by atoms with E-state index in [2.05, 4.69) is 22.5 Å². The zero-order valence-electron chi connectivity index (χ0n) is 16.0. The summed E-state index contributed by atoms with van der Waals surface area (Å²) in [5.41, 5.74) is -0.215. The highest BCUT2D eigenvalue weighted by Crippen LogP contribution is 2.31. The zero-order chi connectivity index (χ0) is 20.1. The summed E-state index contributed by atoms with van der Waals surface area (Å²) >= 11 is 0. The minimum Gasteiger partial charge on any atom is -0.493 e. The average Bonchev–Trinajstić information content (AvgIpc) is 2.73. The Morgan fingerprint density at radius 2 is 2.29 bits per heavy atom. The molecule has 1 aromatic heterocycles. The van der Waals surface area contributed by atoms with E-state index in [-0.39, 0.29) is 23.6 Å². The predicted molar refractivity (Wildman–Crippen MR) is 104 cm³/mol. The van der Waals surface area contributed by atoms with Crippen LogP contribution in [-0.2, 0) is 0 Å². The third-order valence-corrected chi connectivity index (χ3v) is 5.17. The number of aromatic nitrogens is 1. The number of carbonyl (C=O) groups excluding carboxylic acids is 1. The van der Waals surface area contributed by atoms with E-state index < -0.39 is 11.4 Å². The number of halogens is 1. The van der Waals surface area contributed by atoms with Crippen molar-refractivity contribution in [1.29, 1.82) is 5.26 Å². The third-order valence-electron chi connectivity index (χ3n) is 5.17. The monoisotopic (exact) mass is 382 g/mol. The standard InChI is InChI=1S/C21H23FN4O2/c1-14-8-9-21(26-11-14,13-25-18-7-6-15(10-23)12-24-18)20(27)16-4-3-5-17(22)19(16)28-2/h3-7,12,14,26H,8-9,11,13H2,1-2H3,(H,24,25)/t14-,21-/m0/s1. The van der Waals surface area contributed by atoms with Gasteiger partial charge in [0.05, 0.1) is 23.8 Å². The second-order valence-electron chi connectivity index (χ2n) is 7.15. The molecule has 1 saturated heterocycles. The molecule has 0 aliphatic carbocycles. The van der Waals surface area contributed by atoms with Crippen molar-refractivity contribution in [3.63, 3.8) is 0 Å². The second kappa shape index (κ2) is 8.36. The summed E-state index contributed by atoms with van der Waals surface area (Å²) in [5, 5.41) is 15.5. The first-order chi connectivity index (χ1) is 13.5. The average molecular weight is 382 g/mol. The van der Waals surface area contributed by atoms with Crippen LogP contribution in [0.2, 0.25) is 0 Å². The topological polar surface area (TPSA) is 87.0 Å². The number of anilines is 1. The molecule has 2 atom stereocenters. The number of ether oxygens (including phenoxy) is 1. The molecule has 1 aliphatic rings. The van der Waals surface area contributed by atoms with Gasteiger partial charge in [0.2, 0.25) is 0 Å². The Balaban J connectivity index is 1.88. The van der Waals surface area contributed by atoms with Crippen LogP contribution in [-0.4, -0.2) is 36.5 Å². The van der Waals surface area contributed by atoms with Crippen molar-refractivity contribution < 1.29 is 13.9 Å². The summed E-state index contributed by atoms with van der Waals surface area (Å²) in [6, 6.07) is 9.76. The fraction of sp³-hybridized carbons (Fsp3) is 0.381. The van der Waals surface area contributed by atoms with E-state index in [0.29, 0.717) is 30.3 Å². The number of nitrogens with zero attached hydrogens (tertiary/aromatic N) is 2. The first-order valence-corrected chi connectivity index (χ1v) is 9.21. The van der Waals surface area contributed by atoms with E-state index in [0.717, 1.165) is 6.42 Å². The Hall–Kier alpha value is -2.98. The molecule has 6 nitrogen and oxygen atoms in total. The molecule has 0 saturated carbocycles. The number of pyridine rings is 1. The van der Waals surface area contributed by atoms with Crippen LogP contribution in [0.4, 0.5) is 10.2 Å². The Labute approximate surface area is 163 Å². The second-order valence-corrected chi connectivity index (χ2v) is 7.15. The summed E-state index contributed by atoms with van der Waals surface area (Å²) < 4.78 is 19.3. The molecule has 1 aromatic carbocycles. The van der Waals surface area contributed by atoms with Crippen molar-refractivity contribution in [3.05, 3.63) is 53.5 Å². The molecule has 1 aliphatic heterocycles. The highest BCUT2D eigenvalue weighted by atomic mass is 19.1. The summed E-state index contributed by atoms with van der Waals surface area (Å²) in [4.78, 5) is 17.7. The van der Waals surface area contributed by atoms with Gasteiger partial charge in [-0.05, 0) is 49.6 Å². The lowest BCUT2D eigenvalue weighted by molar-refractivity contribution is 0.0802. The lowest BCUT2D eigenvalue weighted by atomic mass is 9.79. The molecule has 0 radical (unpaired) electrons. The number of Topliss-reactive ketones (excluding diaryl/α,β-unsaturated/α-hetero) is 1. The van der Waals surface area contributed by atoms with Gasteiger partial charge in [-0.3, -0.25) is 4.79 Å². The third kappa shape index (κ3) is 3.97. The van der Waals surface area contributed by atoms with Crippen molar-refractivity contribution in [1.82, 2.24) is 10.3 Å². The quantitative estimate of drug-likeness (QED) is 0.747. The van der Waals surface area contributed by atoms with Crippen molar-refractivity contribution in [3.8, 4) is 11.8 Å². The number of hydrogen-bond donors (Lipinski definition) is 2. The first kappa shape index (κ1) is 19.8. The Morgan fingerprint density at radius 1 is 1.46 bits per heavy atom. The van der Waals surface area contributed by atoms with E-state index in [1.807, 2.05) is 6.07 Å². The lowest BCUT2D eigenvalue weighted by Gasteiger charge is -2.39. The van der Waals surface area contributed by atoms with Gasteiger partial charge in [-0.15, -0.1) is 0 Å². The van der Waals surface area contributed by atoms with Crippen LogP contribution in [0.25, 0.3) is 0 Å².